The van der Waals surface area contributed by atoms with Crippen LogP contribution in [0.2, 0.25) is 5.02 Å². The number of carbonyl (C=O) groups is 1. The summed E-state index contributed by atoms with van der Waals surface area (Å²) in [4.78, 5) is 16.0. The summed E-state index contributed by atoms with van der Waals surface area (Å²) in [6.45, 7) is 1.65. The fourth-order valence-corrected chi connectivity index (χ4v) is 2.20. The van der Waals surface area contributed by atoms with Crippen molar-refractivity contribution in [3.8, 4) is 5.75 Å². The number of nitrogens with one attached hydrogen (secondary N) is 1. The number of carbonyl (C=O) groups excluding carboxylic acids is 1. The summed E-state index contributed by atoms with van der Waals surface area (Å²) in [5, 5.41) is 3.11. The van der Waals surface area contributed by atoms with Crippen LogP contribution in [-0.2, 0) is 4.79 Å². The second-order valence-electron chi connectivity index (χ2n) is 4.04. The van der Waals surface area contributed by atoms with Gasteiger partial charge in [-0.2, -0.15) is 0 Å². The maximum Gasteiger partial charge on any atom is 0.266 e. The van der Waals surface area contributed by atoms with Gasteiger partial charge in [0.1, 0.15) is 11.6 Å². The minimum Gasteiger partial charge on any atom is -0.479 e. The van der Waals surface area contributed by atoms with Crippen molar-refractivity contribution >= 4 is 39.3 Å². The summed E-state index contributed by atoms with van der Waals surface area (Å²) < 4.78 is 6.39. The van der Waals surface area contributed by atoms with E-state index in [1.54, 1.807) is 49.5 Å². The van der Waals surface area contributed by atoms with Crippen molar-refractivity contribution in [1.29, 1.82) is 0 Å². The molecule has 1 amide bonds. The molecule has 0 fully saturated rings. The van der Waals surface area contributed by atoms with E-state index in [-0.39, 0.29) is 5.91 Å². The van der Waals surface area contributed by atoms with Crippen LogP contribution in [0, 0.1) is 0 Å². The first-order valence-corrected chi connectivity index (χ1v) is 7.07. The highest BCUT2D eigenvalue weighted by atomic mass is 79.9. The van der Waals surface area contributed by atoms with Crippen LogP contribution in [0.4, 0.5) is 5.82 Å². The van der Waals surface area contributed by atoms with Crippen LogP contribution < -0.4 is 10.1 Å². The largest absolute Gasteiger partial charge is 0.479 e. The molecule has 1 aromatic carbocycles. The first-order valence-electron chi connectivity index (χ1n) is 5.90. The van der Waals surface area contributed by atoms with Gasteiger partial charge in [0.2, 0.25) is 0 Å². The fraction of sp³-hybridized carbons (Fsp3) is 0.143. The van der Waals surface area contributed by atoms with Gasteiger partial charge >= 0.3 is 0 Å². The molecule has 1 aromatic heterocycles. The molecule has 0 spiro atoms. The molecule has 20 heavy (non-hydrogen) atoms. The van der Waals surface area contributed by atoms with E-state index >= 15 is 0 Å². The van der Waals surface area contributed by atoms with Gasteiger partial charge in [0, 0.05) is 10.7 Å². The normalized spacial score (nSPS) is 11.8. The summed E-state index contributed by atoms with van der Waals surface area (Å²) in [6, 6.07) is 10.5. The second kappa shape index (κ2) is 6.72. The molecule has 2 aromatic rings. The van der Waals surface area contributed by atoms with E-state index in [1.807, 2.05) is 0 Å². The molecule has 104 valence electrons. The lowest BCUT2D eigenvalue weighted by atomic mass is 10.3. The minimum absolute atomic E-state index is 0.289. The molecule has 2 rings (SSSR count). The predicted octanol–water partition coefficient (Wildman–Crippen LogP) is 3.90. The highest BCUT2D eigenvalue weighted by molar-refractivity contribution is 9.10. The Bertz CT molecular complexity index is 607. The number of anilines is 1. The fourth-order valence-electron chi connectivity index (χ4n) is 1.48. The number of amides is 1. The summed E-state index contributed by atoms with van der Waals surface area (Å²) >= 11 is 9.35. The Morgan fingerprint density at radius 3 is 2.85 bits per heavy atom. The zero-order valence-electron chi connectivity index (χ0n) is 10.6. The van der Waals surface area contributed by atoms with E-state index in [9.17, 15) is 4.79 Å². The third kappa shape index (κ3) is 3.95. The first kappa shape index (κ1) is 14.8. The summed E-state index contributed by atoms with van der Waals surface area (Å²) in [6.07, 6.45) is 0.919. The highest BCUT2D eigenvalue weighted by Gasteiger charge is 2.16. The molecule has 6 heteroatoms. The lowest BCUT2D eigenvalue weighted by molar-refractivity contribution is -0.122. The van der Waals surface area contributed by atoms with Crippen LogP contribution in [0.1, 0.15) is 6.92 Å². The van der Waals surface area contributed by atoms with Crippen molar-refractivity contribution in [2.45, 2.75) is 13.0 Å². The molecule has 1 atom stereocenters. The van der Waals surface area contributed by atoms with Crippen LogP contribution in [-0.4, -0.2) is 17.0 Å². The Morgan fingerprint density at radius 1 is 1.40 bits per heavy atom. The molecule has 4 nitrogen and oxygen atoms in total. The third-order valence-electron chi connectivity index (χ3n) is 2.48. The van der Waals surface area contributed by atoms with E-state index in [0.717, 1.165) is 4.47 Å². The van der Waals surface area contributed by atoms with E-state index in [1.165, 1.54) is 0 Å². The number of ether oxygens (including phenoxy) is 1. The van der Waals surface area contributed by atoms with Gasteiger partial charge in [-0.1, -0.05) is 33.6 Å². The molecular weight excluding hydrogens is 344 g/mol. The van der Waals surface area contributed by atoms with Gasteiger partial charge in [0.25, 0.3) is 5.91 Å². The summed E-state index contributed by atoms with van der Waals surface area (Å²) in [5.41, 5.74) is 0. The number of pyridine rings is 1. The van der Waals surface area contributed by atoms with Crippen molar-refractivity contribution < 1.29 is 9.53 Å². The Hall–Kier alpha value is -1.59. The van der Waals surface area contributed by atoms with Crippen LogP contribution in [0.3, 0.4) is 0 Å². The number of hydrogen-bond acceptors (Lipinski definition) is 3. The van der Waals surface area contributed by atoms with Crippen molar-refractivity contribution in [3.63, 3.8) is 0 Å². The highest BCUT2D eigenvalue weighted by Crippen LogP contribution is 2.28. The Labute approximate surface area is 130 Å². The van der Waals surface area contributed by atoms with Crippen LogP contribution in [0.15, 0.2) is 47.1 Å². The van der Waals surface area contributed by atoms with Crippen molar-refractivity contribution in [2.24, 2.45) is 0 Å². The standard InChI is InChI=1S/C14H12BrClN2O2/c1-9(14(19)18-13-4-2-3-7-17-13)20-12-6-5-10(15)8-11(12)16/h2-9H,1H3,(H,17,18,19). The van der Waals surface area contributed by atoms with E-state index in [2.05, 4.69) is 26.2 Å². The zero-order valence-corrected chi connectivity index (χ0v) is 13.0. The predicted molar refractivity (Wildman–Crippen MR) is 82.1 cm³/mol. The van der Waals surface area contributed by atoms with Crippen molar-refractivity contribution in [2.75, 3.05) is 5.32 Å². The summed E-state index contributed by atoms with van der Waals surface area (Å²) in [5.74, 6) is 0.649. The van der Waals surface area contributed by atoms with Crippen LogP contribution >= 0.6 is 27.5 Å². The molecule has 1 unspecified atom stereocenters. The van der Waals surface area contributed by atoms with Gasteiger partial charge in [-0.3, -0.25) is 4.79 Å². The number of benzene rings is 1. The van der Waals surface area contributed by atoms with Gasteiger partial charge < -0.3 is 10.1 Å². The second-order valence-corrected chi connectivity index (χ2v) is 5.36. The number of rotatable bonds is 4. The monoisotopic (exact) mass is 354 g/mol. The Balaban J connectivity index is 2.00. The number of aromatic nitrogens is 1. The number of nitrogens with zero attached hydrogens (tertiary/aromatic N) is 1. The maximum atomic E-state index is 12.0. The topological polar surface area (TPSA) is 51.2 Å². The molecule has 0 aliphatic heterocycles. The molecule has 0 saturated heterocycles. The van der Waals surface area contributed by atoms with Gasteiger partial charge in [-0.05, 0) is 37.3 Å². The van der Waals surface area contributed by atoms with Crippen LogP contribution in [0.25, 0.3) is 0 Å². The maximum absolute atomic E-state index is 12.0. The zero-order chi connectivity index (χ0) is 14.5. The Morgan fingerprint density at radius 2 is 2.20 bits per heavy atom. The molecule has 0 aliphatic carbocycles. The lowest BCUT2D eigenvalue weighted by Crippen LogP contribution is -2.30. The van der Waals surface area contributed by atoms with Crippen molar-refractivity contribution in [1.82, 2.24) is 4.98 Å². The van der Waals surface area contributed by atoms with Gasteiger partial charge in [0.05, 0.1) is 5.02 Å². The molecule has 0 bridgehead atoms. The molecule has 0 saturated carbocycles. The van der Waals surface area contributed by atoms with Crippen LogP contribution in [0.5, 0.6) is 5.75 Å². The van der Waals surface area contributed by atoms with E-state index in [0.29, 0.717) is 16.6 Å². The number of hydrogen-bond donors (Lipinski definition) is 1. The molecular formula is C14H12BrClN2O2. The average Bonchev–Trinajstić information content (AvgIpc) is 2.43. The van der Waals surface area contributed by atoms with E-state index < -0.39 is 6.10 Å². The first-order chi connectivity index (χ1) is 9.56. The summed E-state index contributed by atoms with van der Waals surface area (Å²) in [7, 11) is 0. The molecule has 0 radical (unpaired) electrons. The average molecular weight is 356 g/mol. The molecule has 1 N–H and O–H groups in total. The quantitative estimate of drug-likeness (QED) is 0.905. The molecule has 1 heterocycles. The van der Waals surface area contributed by atoms with Gasteiger partial charge in [0.15, 0.2) is 6.10 Å². The minimum atomic E-state index is -0.685. The van der Waals surface area contributed by atoms with Gasteiger partial charge in [-0.25, -0.2) is 4.98 Å². The SMILES string of the molecule is CC(Oc1ccc(Br)cc1Cl)C(=O)Nc1ccccn1. The smallest absolute Gasteiger partial charge is 0.266 e. The lowest BCUT2D eigenvalue weighted by Gasteiger charge is -2.15. The molecule has 0 aliphatic rings. The third-order valence-corrected chi connectivity index (χ3v) is 3.27. The van der Waals surface area contributed by atoms with Crippen molar-refractivity contribution in [3.05, 3.63) is 52.1 Å². The Kier molecular flexibility index (Phi) is 4.98. The number of halogens is 2. The van der Waals surface area contributed by atoms with E-state index in [4.69, 9.17) is 16.3 Å². The van der Waals surface area contributed by atoms with Gasteiger partial charge in [-0.15, -0.1) is 0 Å².